The Morgan fingerprint density at radius 2 is 1.75 bits per heavy atom. The Labute approximate surface area is 209 Å². The summed E-state index contributed by atoms with van der Waals surface area (Å²) in [5, 5.41) is 29.0. The quantitative estimate of drug-likeness (QED) is 0.275. The second-order valence-electron chi connectivity index (χ2n) is 8.53. The van der Waals surface area contributed by atoms with E-state index >= 15 is 0 Å². The van der Waals surface area contributed by atoms with Gasteiger partial charge in [-0.25, -0.2) is 9.59 Å². The van der Waals surface area contributed by atoms with Gasteiger partial charge in [0.1, 0.15) is 24.2 Å². The molecule has 194 valence electrons. The van der Waals surface area contributed by atoms with Gasteiger partial charge in [-0.1, -0.05) is 30.9 Å². The normalized spacial score (nSPS) is 20.3. The van der Waals surface area contributed by atoms with E-state index < -0.39 is 30.3 Å². The minimum atomic E-state index is -1.06. The first-order valence-corrected chi connectivity index (χ1v) is 11.8. The molecule has 1 aromatic carbocycles. The molecule has 0 saturated carbocycles. The van der Waals surface area contributed by atoms with E-state index in [2.05, 4.69) is 6.58 Å². The first kappa shape index (κ1) is 27.2. The van der Waals surface area contributed by atoms with Crippen molar-refractivity contribution in [3.05, 3.63) is 72.0 Å². The third-order valence-electron chi connectivity index (χ3n) is 5.66. The maximum absolute atomic E-state index is 12.6. The van der Waals surface area contributed by atoms with E-state index in [1.54, 1.807) is 36.4 Å². The molecule has 2 aliphatic rings. The number of allylic oxidation sites excluding steroid dienone is 1. The minimum absolute atomic E-state index is 0.0236. The first-order chi connectivity index (χ1) is 17.3. The Hall–Kier alpha value is -3.40. The Morgan fingerprint density at radius 1 is 1.06 bits per heavy atom. The van der Waals surface area contributed by atoms with Crippen LogP contribution in [0.15, 0.2) is 66.5 Å². The summed E-state index contributed by atoms with van der Waals surface area (Å²) in [6.45, 7) is 5.24. The monoisotopic (exact) mass is 500 g/mol. The lowest BCUT2D eigenvalue weighted by Gasteiger charge is -2.29. The summed E-state index contributed by atoms with van der Waals surface area (Å²) in [4.78, 5) is 24.0. The summed E-state index contributed by atoms with van der Waals surface area (Å²) in [5.74, 6) is -0.0341. The molecule has 0 aromatic heterocycles. The van der Waals surface area contributed by atoms with Crippen LogP contribution in [0.3, 0.4) is 0 Å². The van der Waals surface area contributed by atoms with Crippen molar-refractivity contribution in [1.82, 2.24) is 0 Å². The van der Waals surface area contributed by atoms with Gasteiger partial charge in [0.2, 0.25) is 0 Å². The number of ether oxygens (including phenoxy) is 4. The molecule has 1 heterocycles. The largest absolute Gasteiger partial charge is 0.494 e. The first-order valence-electron chi connectivity index (χ1n) is 11.8. The summed E-state index contributed by atoms with van der Waals surface area (Å²) in [7, 11) is 0. The van der Waals surface area contributed by atoms with E-state index in [0.717, 1.165) is 0 Å². The van der Waals surface area contributed by atoms with Crippen molar-refractivity contribution in [1.29, 1.82) is 0 Å². The zero-order valence-corrected chi connectivity index (χ0v) is 20.2. The van der Waals surface area contributed by atoms with Crippen LogP contribution in [-0.4, -0.2) is 72.0 Å². The molecule has 0 radical (unpaired) electrons. The average Bonchev–Trinajstić information content (AvgIpc) is 2.87. The van der Waals surface area contributed by atoms with Gasteiger partial charge in [0, 0.05) is 24.3 Å². The molecule has 0 amide bonds. The molecular weight excluding hydrogens is 468 g/mol. The van der Waals surface area contributed by atoms with E-state index in [4.69, 9.17) is 24.1 Å². The van der Waals surface area contributed by atoms with Crippen molar-refractivity contribution < 1.29 is 43.9 Å². The number of carbonyl (C=O) groups is 2. The summed E-state index contributed by atoms with van der Waals surface area (Å²) >= 11 is 0. The maximum atomic E-state index is 12.6. The van der Waals surface area contributed by atoms with Gasteiger partial charge in [0.05, 0.1) is 37.6 Å². The highest BCUT2D eigenvalue weighted by Crippen LogP contribution is 2.32. The Kier molecular flexibility index (Phi) is 9.86. The van der Waals surface area contributed by atoms with E-state index in [1.165, 1.54) is 6.92 Å². The summed E-state index contributed by atoms with van der Waals surface area (Å²) in [6.07, 6.45) is 4.86. The van der Waals surface area contributed by atoms with Gasteiger partial charge >= 0.3 is 11.9 Å². The van der Waals surface area contributed by atoms with Crippen LogP contribution in [0.25, 0.3) is 5.57 Å². The molecule has 0 fully saturated rings. The van der Waals surface area contributed by atoms with Crippen molar-refractivity contribution in [3.63, 3.8) is 0 Å². The van der Waals surface area contributed by atoms with Crippen LogP contribution in [0.2, 0.25) is 0 Å². The number of aliphatic hydroxyl groups is 3. The third kappa shape index (κ3) is 7.55. The molecule has 1 aliphatic heterocycles. The van der Waals surface area contributed by atoms with Crippen molar-refractivity contribution in [3.8, 4) is 5.75 Å². The second kappa shape index (κ2) is 13.1. The van der Waals surface area contributed by atoms with Crippen LogP contribution in [0.4, 0.5) is 0 Å². The fourth-order valence-electron chi connectivity index (χ4n) is 3.64. The number of hydrogen-bond acceptors (Lipinski definition) is 9. The summed E-state index contributed by atoms with van der Waals surface area (Å²) < 4.78 is 21.6. The topological polar surface area (TPSA) is 132 Å². The van der Waals surface area contributed by atoms with Gasteiger partial charge in [-0.05, 0) is 36.8 Å². The number of benzene rings is 1. The van der Waals surface area contributed by atoms with Crippen LogP contribution >= 0.6 is 0 Å². The Morgan fingerprint density at radius 3 is 2.42 bits per heavy atom. The van der Waals surface area contributed by atoms with Crippen LogP contribution in [0, 0.1) is 5.92 Å². The molecule has 3 rings (SSSR count). The number of esters is 2. The van der Waals surface area contributed by atoms with Gasteiger partial charge in [0.15, 0.2) is 0 Å². The molecule has 4 atom stereocenters. The van der Waals surface area contributed by atoms with Gasteiger partial charge in [-0.2, -0.15) is 0 Å². The zero-order chi connectivity index (χ0) is 26.1. The van der Waals surface area contributed by atoms with Gasteiger partial charge in [-0.15, -0.1) is 0 Å². The van der Waals surface area contributed by atoms with E-state index in [-0.39, 0.29) is 50.8 Å². The molecule has 0 spiro atoms. The molecule has 0 bridgehead atoms. The lowest BCUT2D eigenvalue weighted by atomic mass is 9.90. The average molecular weight is 501 g/mol. The molecule has 4 unspecified atom stereocenters. The number of rotatable bonds is 13. The molecule has 36 heavy (non-hydrogen) atoms. The number of hydrogen-bond donors (Lipinski definition) is 3. The van der Waals surface area contributed by atoms with Crippen LogP contribution in [0.1, 0.15) is 25.3 Å². The number of carbonyl (C=O) groups excluding carboxylic acids is 2. The highest BCUT2D eigenvalue weighted by atomic mass is 16.5. The van der Waals surface area contributed by atoms with E-state index in [1.807, 2.05) is 12.2 Å². The zero-order valence-electron chi connectivity index (χ0n) is 20.2. The van der Waals surface area contributed by atoms with Crippen LogP contribution < -0.4 is 4.74 Å². The fourth-order valence-corrected chi connectivity index (χ4v) is 3.64. The highest BCUT2D eigenvalue weighted by molar-refractivity contribution is 6.17. The summed E-state index contributed by atoms with van der Waals surface area (Å²) in [6, 6.07) is 6.99. The van der Waals surface area contributed by atoms with Gasteiger partial charge < -0.3 is 34.3 Å². The molecule has 0 saturated heterocycles. The molecule has 1 aliphatic carbocycles. The number of aliphatic hydroxyl groups excluding tert-OH is 3. The lowest BCUT2D eigenvalue weighted by Crippen LogP contribution is -2.31. The predicted molar refractivity (Wildman–Crippen MR) is 131 cm³/mol. The van der Waals surface area contributed by atoms with Crippen molar-refractivity contribution >= 4 is 17.5 Å². The van der Waals surface area contributed by atoms with Crippen LogP contribution in [0.5, 0.6) is 5.75 Å². The predicted octanol–water partition coefficient (Wildman–Crippen LogP) is 2.07. The lowest BCUT2D eigenvalue weighted by molar-refractivity contribution is -0.142. The van der Waals surface area contributed by atoms with Crippen molar-refractivity contribution in [2.45, 2.75) is 38.1 Å². The minimum Gasteiger partial charge on any atom is -0.494 e. The van der Waals surface area contributed by atoms with Gasteiger partial charge in [0.25, 0.3) is 0 Å². The van der Waals surface area contributed by atoms with Gasteiger partial charge in [-0.3, -0.25) is 0 Å². The smallest absolute Gasteiger partial charge is 0.339 e. The fraction of sp³-hybridized carbons (Fsp3) is 0.407. The van der Waals surface area contributed by atoms with Crippen molar-refractivity contribution in [2.75, 3.05) is 26.4 Å². The molecule has 9 nitrogen and oxygen atoms in total. The molecule has 9 heteroatoms. The molecule has 3 N–H and O–H groups in total. The van der Waals surface area contributed by atoms with Crippen molar-refractivity contribution in [2.24, 2.45) is 5.92 Å². The third-order valence-corrected chi connectivity index (χ3v) is 5.66. The Bertz CT molecular complexity index is 1020. The standard InChI is InChI=1S/C27H32O9/c1-17(2)26(31)35-13-10-24(30)23(29)9-12-33-21-8-5-19-15-22(27(32)36-25(19)16-21)18-3-6-20(7-4-18)34-14-11-28/h3-8,15-16,19,23-25,28-30H,1,9-14H2,2H3. The number of fused-ring (bicyclic) bond motifs is 1. The second-order valence-corrected chi connectivity index (χ2v) is 8.53. The highest BCUT2D eigenvalue weighted by Gasteiger charge is 2.31. The van der Waals surface area contributed by atoms with Crippen LogP contribution in [-0.2, 0) is 23.8 Å². The van der Waals surface area contributed by atoms with E-state index in [9.17, 15) is 19.8 Å². The SMILES string of the molecule is C=C(C)C(=O)OCCC(O)C(O)CCOC1=CC2OC(=O)C(c3ccc(OCCO)cc3)=CC2C=C1. The van der Waals surface area contributed by atoms with E-state index in [0.29, 0.717) is 22.6 Å². The molecular formula is C27H32O9. The Balaban J connectivity index is 1.47. The maximum Gasteiger partial charge on any atom is 0.339 e. The molecule has 1 aromatic rings. The summed E-state index contributed by atoms with van der Waals surface area (Å²) in [5.41, 5.74) is 1.43.